The van der Waals surface area contributed by atoms with E-state index in [-0.39, 0.29) is 5.56 Å². The predicted octanol–water partition coefficient (Wildman–Crippen LogP) is 3.15. The summed E-state index contributed by atoms with van der Waals surface area (Å²) in [6.07, 6.45) is 3.56. The van der Waals surface area contributed by atoms with Crippen LogP contribution in [0, 0.1) is 11.7 Å². The van der Waals surface area contributed by atoms with Crippen LogP contribution in [0.2, 0.25) is 0 Å². The van der Waals surface area contributed by atoms with Gasteiger partial charge in [-0.25, -0.2) is 9.18 Å². The van der Waals surface area contributed by atoms with Crippen LogP contribution in [0.25, 0.3) is 0 Å². The Hall–Kier alpha value is -1.42. The van der Waals surface area contributed by atoms with Crippen molar-refractivity contribution in [2.75, 3.05) is 13.1 Å². The summed E-state index contributed by atoms with van der Waals surface area (Å²) in [5.74, 6) is -0.706. The van der Waals surface area contributed by atoms with Crippen LogP contribution in [-0.4, -0.2) is 29.1 Å². The summed E-state index contributed by atoms with van der Waals surface area (Å²) >= 11 is 0. The zero-order valence-electron chi connectivity index (χ0n) is 11.2. The number of carboxylic acid groups (broad SMARTS) is 1. The quantitative estimate of drug-likeness (QED) is 0.909. The molecule has 0 amide bonds. The van der Waals surface area contributed by atoms with Crippen molar-refractivity contribution in [3.8, 4) is 0 Å². The zero-order chi connectivity index (χ0) is 13.8. The molecule has 0 spiro atoms. The number of carbonyl (C=O) groups is 1. The molecule has 19 heavy (non-hydrogen) atoms. The van der Waals surface area contributed by atoms with E-state index in [4.69, 9.17) is 5.11 Å². The minimum absolute atomic E-state index is 0.00550. The summed E-state index contributed by atoms with van der Waals surface area (Å²) in [4.78, 5) is 13.0. The first-order valence-electron chi connectivity index (χ1n) is 6.84. The Labute approximate surface area is 113 Å². The summed E-state index contributed by atoms with van der Waals surface area (Å²) in [6.45, 7) is 4.78. The lowest BCUT2D eigenvalue weighted by Gasteiger charge is -2.31. The first-order chi connectivity index (χ1) is 9.10. The lowest BCUT2D eigenvalue weighted by atomic mass is 9.94. The maximum absolute atomic E-state index is 13.8. The van der Waals surface area contributed by atoms with Gasteiger partial charge in [0.15, 0.2) is 0 Å². The summed E-state index contributed by atoms with van der Waals surface area (Å²) in [5, 5.41) is 8.80. The molecule has 1 aromatic carbocycles. The van der Waals surface area contributed by atoms with Crippen molar-refractivity contribution in [3.05, 3.63) is 35.1 Å². The molecule has 0 aliphatic carbocycles. The third-order valence-corrected chi connectivity index (χ3v) is 3.98. The molecule has 1 aromatic rings. The molecule has 4 heteroatoms. The van der Waals surface area contributed by atoms with Crippen molar-refractivity contribution in [2.45, 2.75) is 32.7 Å². The van der Waals surface area contributed by atoms with Gasteiger partial charge in [0.1, 0.15) is 5.82 Å². The molecule has 0 aromatic heterocycles. The van der Waals surface area contributed by atoms with Crippen LogP contribution in [0.3, 0.4) is 0 Å². The van der Waals surface area contributed by atoms with Gasteiger partial charge in [-0.05, 0) is 44.0 Å². The lowest BCUT2D eigenvalue weighted by molar-refractivity contribution is 0.0696. The number of piperidine rings is 1. The summed E-state index contributed by atoms with van der Waals surface area (Å²) in [5.41, 5.74) is 0.589. The van der Waals surface area contributed by atoms with Gasteiger partial charge < -0.3 is 5.11 Å². The molecule has 0 saturated carbocycles. The topological polar surface area (TPSA) is 40.5 Å². The fourth-order valence-electron chi connectivity index (χ4n) is 2.60. The SMILES string of the molecule is CCC1CCN(Cc2ccc(C(=O)O)cc2F)CC1. The van der Waals surface area contributed by atoms with Crippen LogP contribution in [0.5, 0.6) is 0 Å². The van der Waals surface area contributed by atoms with E-state index >= 15 is 0 Å². The second-order valence-electron chi connectivity index (χ2n) is 5.24. The normalized spacial score (nSPS) is 17.6. The molecule has 0 atom stereocenters. The number of carboxylic acids is 1. The first kappa shape index (κ1) is 14.0. The maximum atomic E-state index is 13.8. The summed E-state index contributed by atoms with van der Waals surface area (Å²) < 4.78 is 13.8. The van der Waals surface area contributed by atoms with E-state index in [0.717, 1.165) is 25.1 Å². The molecule has 0 bridgehead atoms. The molecule has 1 aliphatic rings. The highest BCUT2D eigenvalue weighted by Gasteiger charge is 2.19. The standard InChI is InChI=1S/C15H20FNO2/c1-2-11-5-7-17(8-6-11)10-13-4-3-12(15(18)19)9-14(13)16/h3-4,9,11H,2,5-8,10H2,1H3,(H,18,19). The number of likely N-dealkylation sites (tertiary alicyclic amines) is 1. The Morgan fingerprint density at radius 1 is 1.42 bits per heavy atom. The van der Waals surface area contributed by atoms with E-state index < -0.39 is 11.8 Å². The largest absolute Gasteiger partial charge is 0.478 e. The fraction of sp³-hybridized carbons (Fsp3) is 0.533. The second-order valence-corrected chi connectivity index (χ2v) is 5.24. The number of halogens is 1. The van der Waals surface area contributed by atoms with Crippen LogP contribution in [0.4, 0.5) is 4.39 Å². The minimum Gasteiger partial charge on any atom is -0.478 e. The maximum Gasteiger partial charge on any atom is 0.335 e. The van der Waals surface area contributed by atoms with Crippen LogP contribution >= 0.6 is 0 Å². The van der Waals surface area contributed by atoms with Crippen molar-refractivity contribution in [2.24, 2.45) is 5.92 Å². The minimum atomic E-state index is -1.09. The number of nitrogens with zero attached hydrogens (tertiary/aromatic N) is 1. The molecule has 1 N–H and O–H groups in total. The third kappa shape index (κ3) is 3.53. The number of hydrogen-bond acceptors (Lipinski definition) is 2. The highest BCUT2D eigenvalue weighted by molar-refractivity contribution is 5.87. The Morgan fingerprint density at radius 3 is 2.63 bits per heavy atom. The summed E-state index contributed by atoms with van der Waals surface area (Å²) in [7, 11) is 0. The van der Waals surface area contributed by atoms with Crippen molar-refractivity contribution in [1.29, 1.82) is 0 Å². The second kappa shape index (κ2) is 6.15. The molecule has 0 unspecified atom stereocenters. The zero-order valence-corrected chi connectivity index (χ0v) is 11.2. The number of hydrogen-bond donors (Lipinski definition) is 1. The van der Waals surface area contributed by atoms with E-state index in [9.17, 15) is 9.18 Å². The molecular weight excluding hydrogens is 245 g/mol. The Bertz CT molecular complexity index is 453. The van der Waals surface area contributed by atoms with Gasteiger partial charge >= 0.3 is 5.97 Å². The van der Waals surface area contributed by atoms with Crippen molar-refractivity contribution < 1.29 is 14.3 Å². The van der Waals surface area contributed by atoms with Gasteiger partial charge in [0, 0.05) is 12.1 Å². The Kier molecular flexibility index (Phi) is 4.53. The number of aromatic carboxylic acids is 1. The molecule has 2 rings (SSSR count). The molecule has 104 valence electrons. The number of rotatable bonds is 4. The van der Waals surface area contributed by atoms with Crippen molar-refractivity contribution in [3.63, 3.8) is 0 Å². The molecule has 0 radical (unpaired) electrons. The molecule has 3 nitrogen and oxygen atoms in total. The number of benzene rings is 1. The highest BCUT2D eigenvalue weighted by atomic mass is 19.1. The van der Waals surface area contributed by atoms with Gasteiger partial charge in [-0.2, -0.15) is 0 Å². The van der Waals surface area contributed by atoms with Gasteiger partial charge in [-0.3, -0.25) is 4.90 Å². The van der Waals surface area contributed by atoms with E-state index in [1.54, 1.807) is 6.07 Å². The lowest BCUT2D eigenvalue weighted by Crippen LogP contribution is -2.33. The average molecular weight is 265 g/mol. The van der Waals surface area contributed by atoms with E-state index in [1.807, 2.05) is 0 Å². The first-order valence-corrected chi connectivity index (χ1v) is 6.84. The van der Waals surface area contributed by atoms with Gasteiger partial charge in [-0.1, -0.05) is 19.4 Å². The molecule has 1 aliphatic heterocycles. The monoisotopic (exact) mass is 265 g/mol. The van der Waals surface area contributed by atoms with Crippen molar-refractivity contribution in [1.82, 2.24) is 4.90 Å². The Morgan fingerprint density at radius 2 is 2.11 bits per heavy atom. The van der Waals surface area contributed by atoms with E-state index in [2.05, 4.69) is 11.8 Å². The van der Waals surface area contributed by atoms with Crippen molar-refractivity contribution >= 4 is 5.97 Å². The van der Waals surface area contributed by atoms with Gasteiger partial charge in [0.25, 0.3) is 0 Å². The van der Waals surface area contributed by atoms with Gasteiger partial charge in [0.05, 0.1) is 5.56 Å². The fourth-order valence-corrected chi connectivity index (χ4v) is 2.60. The van der Waals surface area contributed by atoms with Crippen LogP contribution in [-0.2, 0) is 6.54 Å². The van der Waals surface area contributed by atoms with Gasteiger partial charge in [0.2, 0.25) is 0 Å². The molecule has 1 saturated heterocycles. The Balaban J connectivity index is 1.98. The predicted molar refractivity (Wildman–Crippen MR) is 71.7 cm³/mol. The van der Waals surface area contributed by atoms with Crippen LogP contribution in [0.15, 0.2) is 18.2 Å². The third-order valence-electron chi connectivity index (χ3n) is 3.98. The molecule has 1 fully saturated rings. The molecule has 1 heterocycles. The molecular formula is C15H20FNO2. The van der Waals surface area contributed by atoms with Crippen LogP contribution < -0.4 is 0 Å². The average Bonchev–Trinajstić information content (AvgIpc) is 2.41. The van der Waals surface area contributed by atoms with Crippen LogP contribution in [0.1, 0.15) is 42.1 Å². The van der Waals surface area contributed by atoms with Gasteiger partial charge in [-0.15, -0.1) is 0 Å². The van der Waals surface area contributed by atoms with E-state index in [1.165, 1.54) is 25.3 Å². The smallest absolute Gasteiger partial charge is 0.335 e. The summed E-state index contributed by atoms with van der Waals surface area (Å²) in [6, 6.07) is 4.17. The van der Waals surface area contributed by atoms with E-state index in [0.29, 0.717) is 12.1 Å². The highest BCUT2D eigenvalue weighted by Crippen LogP contribution is 2.22.